The third-order valence-electron chi connectivity index (χ3n) is 4.63. The second-order valence-electron chi connectivity index (χ2n) is 7.08. The van der Waals surface area contributed by atoms with Crippen molar-refractivity contribution in [2.45, 2.75) is 6.42 Å². The highest BCUT2D eigenvalue weighted by Crippen LogP contribution is 2.38. The second kappa shape index (κ2) is 8.59. The highest BCUT2D eigenvalue weighted by atomic mass is 35.5. The number of fused-ring (bicyclic) bond motifs is 1. The number of benzene rings is 1. The minimum absolute atomic E-state index is 0.586. The number of ether oxygens (including phenoxy) is 1. The highest BCUT2D eigenvalue weighted by Gasteiger charge is 2.17. The Morgan fingerprint density at radius 1 is 1.03 bits per heavy atom. The van der Waals surface area contributed by atoms with Crippen LogP contribution in [0.4, 0.5) is 0 Å². The number of aromatic amines is 1. The molecule has 148 valence electrons. The minimum atomic E-state index is 0.586. The Labute approximate surface area is 174 Å². The lowest BCUT2D eigenvalue weighted by molar-refractivity contribution is 0.281. The molecular formula is C22H22ClN5O. The summed E-state index contributed by atoms with van der Waals surface area (Å²) in [5, 5.41) is 1.52. The van der Waals surface area contributed by atoms with Gasteiger partial charge in [-0.3, -0.25) is 0 Å². The summed E-state index contributed by atoms with van der Waals surface area (Å²) >= 11 is 6.21. The second-order valence-corrected chi connectivity index (χ2v) is 7.52. The van der Waals surface area contributed by atoms with E-state index in [0.717, 1.165) is 52.1 Å². The first kappa shape index (κ1) is 19.4. The van der Waals surface area contributed by atoms with Gasteiger partial charge in [-0.1, -0.05) is 11.6 Å². The molecule has 7 heteroatoms. The molecule has 0 saturated carbocycles. The average molecular weight is 408 g/mol. The Balaban J connectivity index is 1.67. The first-order valence-electron chi connectivity index (χ1n) is 9.42. The topological polar surface area (TPSA) is 66.9 Å². The third-order valence-corrected chi connectivity index (χ3v) is 4.83. The van der Waals surface area contributed by atoms with E-state index >= 15 is 0 Å². The summed E-state index contributed by atoms with van der Waals surface area (Å²) in [5.41, 5.74) is 4.63. The van der Waals surface area contributed by atoms with Crippen LogP contribution in [0.3, 0.4) is 0 Å². The van der Waals surface area contributed by atoms with E-state index < -0.39 is 0 Å². The van der Waals surface area contributed by atoms with E-state index in [1.807, 2.05) is 30.3 Å². The fourth-order valence-electron chi connectivity index (χ4n) is 3.28. The highest BCUT2D eigenvalue weighted by molar-refractivity contribution is 6.31. The summed E-state index contributed by atoms with van der Waals surface area (Å²) in [4.78, 5) is 18.3. The molecule has 4 aromatic rings. The SMILES string of the molecule is CN(C)CCCOc1ccc(-c2[nH]c3ncc(Cl)cc3c2-c2cncnc2)cc1. The van der Waals surface area contributed by atoms with Crippen molar-refractivity contribution in [1.82, 2.24) is 24.8 Å². The van der Waals surface area contributed by atoms with Gasteiger partial charge in [0.25, 0.3) is 0 Å². The summed E-state index contributed by atoms with van der Waals surface area (Å²) in [5.74, 6) is 0.856. The monoisotopic (exact) mass is 407 g/mol. The Hall–Kier alpha value is -2.96. The summed E-state index contributed by atoms with van der Waals surface area (Å²) in [6, 6.07) is 9.97. The molecule has 3 heterocycles. The lowest BCUT2D eigenvalue weighted by atomic mass is 10.0. The first-order chi connectivity index (χ1) is 14.1. The maximum absolute atomic E-state index is 6.21. The molecule has 0 spiro atoms. The number of H-pyrrole nitrogens is 1. The van der Waals surface area contributed by atoms with Gasteiger partial charge in [-0.05, 0) is 56.4 Å². The van der Waals surface area contributed by atoms with Crippen molar-refractivity contribution in [3.05, 3.63) is 60.3 Å². The van der Waals surface area contributed by atoms with Gasteiger partial charge in [0, 0.05) is 41.6 Å². The van der Waals surface area contributed by atoms with Crippen LogP contribution in [0.5, 0.6) is 5.75 Å². The van der Waals surface area contributed by atoms with Crippen molar-refractivity contribution in [1.29, 1.82) is 0 Å². The van der Waals surface area contributed by atoms with E-state index in [2.05, 4.69) is 38.9 Å². The van der Waals surface area contributed by atoms with Crippen molar-refractivity contribution >= 4 is 22.6 Å². The molecule has 0 bridgehead atoms. The van der Waals surface area contributed by atoms with E-state index in [-0.39, 0.29) is 0 Å². The molecule has 0 aliphatic heterocycles. The zero-order valence-electron chi connectivity index (χ0n) is 16.4. The standard InChI is InChI=1S/C22H22ClN5O/c1-28(2)8-3-9-29-18-6-4-15(5-7-18)21-20(16-11-24-14-25-12-16)19-10-17(23)13-26-22(19)27-21/h4-7,10-14H,3,8-9H2,1-2H3,(H,26,27). The molecule has 0 amide bonds. The van der Waals surface area contributed by atoms with Crippen molar-refractivity contribution in [3.8, 4) is 28.1 Å². The molecule has 6 nitrogen and oxygen atoms in total. The Morgan fingerprint density at radius 2 is 1.79 bits per heavy atom. The largest absolute Gasteiger partial charge is 0.494 e. The summed E-state index contributed by atoms with van der Waals surface area (Å²) < 4.78 is 5.85. The van der Waals surface area contributed by atoms with Crippen LogP contribution in [0.25, 0.3) is 33.4 Å². The van der Waals surface area contributed by atoms with Crippen LogP contribution >= 0.6 is 11.6 Å². The molecule has 3 aromatic heterocycles. The molecule has 1 N–H and O–H groups in total. The van der Waals surface area contributed by atoms with Crippen LogP contribution in [0.1, 0.15) is 6.42 Å². The van der Waals surface area contributed by atoms with E-state index in [4.69, 9.17) is 16.3 Å². The van der Waals surface area contributed by atoms with Gasteiger partial charge >= 0.3 is 0 Å². The molecule has 0 fully saturated rings. The number of nitrogens with one attached hydrogen (secondary N) is 1. The van der Waals surface area contributed by atoms with E-state index in [1.54, 1.807) is 18.6 Å². The molecule has 0 unspecified atom stereocenters. The quantitative estimate of drug-likeness (QED) is 0.451. The molecule has 0 atom stereocenters. The fraction of sp³-hybridized carbons (Fsp3) is 0.227. The van der Waals surface area contributed by atoms with E-state index in [1.165, 1.54) is 6.33 Å². The summed E-state index contributed by atoms with van der Waals surface area (Å²) in [7, 11) is 4.12. The summed E-state index contributed by atoms with van der Waals surface area (Å²) in [6.45, 7) is 1.70. The first-order valence-corrected chi connectivity index (χ1v) is 9.80. The molecule has 0 saturated heterocycles. The van der Waals surface area contributed by atoms with Gasteiger partial charge in [0.1, 0.15) is 17.7 Å². The fourth-order valence-corrected chi connectivity index (χ4v) is 3.44. The van der Waals surface area contributed by atoms with E-state index in [9.17, 15) is 0 Å². The number of hydrogen-bond acceptors (Lipinski definition) is 5. The van der Waals surface area contributed by atoms with Crippen LogP contribution in [0.15, 0.2) is 55.2 Å². The van der Waals surface area contributed by atoms with Crippen LogP contribution in [0, 0.1) is 0 Å². The Bertz CT molecular complexity index is 1090. The van der Waals surface area contributed by atoms with Crippen molar-refractivity contribution in [3.63, 3.8) is 0 Å². The molecule has 0 aliphatic rings. The lowest BCUT2D eigenvalue weighted by Crippen LogP contribution is -2.15. The van der Waals surface area contributed by atoms with Gasteiger partial charge in [0.05, 0.1) is 17.3 Å². The molecule has 29 heavy (non-hydrogen) atoms. The zero-order chi connectivity index (χ0) is 20.2. The molecule has 1 aromatic carbocycles. The average Bonchev–Trinajstić information content (AvgIpc) is 3.10. The number of aromatic nitrogens is 4. The Morgan fingerprint density at radius 3 is 2.52 bits per heavy atom. The third kappa shape index (κ3) is 4.39. The number of nitrogens with zero attached hydrogens (tertiary/aromatic N) is 4. The lowest BCUT2D eigenvalue weighted by Gasteiger charge is -2.11. The van der Waals surface area contributed by atoms with Gasteiger partial charge in [-0.25, -0.2) is 15.0 Å². The van der Waals surface area contributed by atoms with Gasteiger partial charge < -0.3 is 14.6 Å². The van der Waals surface area contributed by atoms with Crippen LogP contribution in [-0.2, 0) is 0 Å². The van der Waals surface area contributed by atoms with E-state index in [0.29, 0.717) is 11.6 Å². The number of hydrogen-bond donors (Lipinski definition) is 1. The van der Waals surface area contributed by atoms with Crippen molar-refractivity contribution < 1.29 is 4.74 Å². The molecule has 0 aliphatic carbocycles. The Kier molecular flexibility index (Phi) is 5.74. The molecule has 0 radical (unpaired) electrons. The van der Waals surface area contributed by atoms with Crippen molar-refractivity contribution in [2.75, 3.05) is 27.2 Å². The van der Waals surface area contributed by atoms with Gasteiger partial charge in [0.2, 0.25) is 0 Å². The number of rotatable bonds is 7. The maximum atomic E-state index is 6.21. The minimum Gasteiger partial charge on any atom is -0.494 e. The van der Waals surface area contributed by atoms with Crippen LogP contribution in [-0.4, -0.2) is 52.1 Å². The van der Waals surface area contributed by atoms with Gasteiger partial charge in [0.15, 0.2) is 0 Å². The number of pyridine rings is 1. The predicted molar refractivity (Wildman–Crippen MR) is 116 cm³/mol. The zero-order valence-corrected chi connectivity index (χ0v) is 17.1. The van der Waals surface area contributed by atoms with Crippen LogP contribution in [0.2, 0.25) is 5.02 Å². The van der Waals surface area contributed by atoms with Crippen LogP contribution < -0.4 is 4.74 Å². The van der Waals surface area contributed by atoms with Crippen molar-refractivity contribution in [2.24, 2.45) is 0 Å². The molecule has 4 rings (SSSR count). The normalized spacial score (nSPS) is 11.3. The number of halogens is 1. The summed E-state index contributed by atoms with van der Waals surface area (Å²) in [6.07, 6.45) is 7.73. The maximum Gasteiger partial charge on any atom is 0.138 e. The smallest absolute Gasteiger partial charge is 0.138 e. The van der Waals surface area contributed by atoms with Gasteiger partial charge in [-0.2, -0.15) is 0 Å². The van der Waals surface area contributed by atoms with Gasteiger partial charge in [-0.15, -0.1) is 0 Å². The molecular weight excluding hydrogens is 386 g/mol. The predicted octanol–water partition coefficient (Wildman–Crippen LogP) is 4.67.